The van der Waals surface area contributed by atoms with E-state index in [-0.39, 0.29) is 30.3 Å². The number of carbonyl (C=O) groups excluding carboxylic acids is 2. The van der Waals surface area contributed by atoms with Gasteiger partial charge in [-0.3, -0.25) is 9.59 Å². The van der Waals surface area contributed by atoms with Crippen molar-refractivity contribution in [2.24, 2.45) is 5.92 Å². The molecule has 0 saturated carbocycles. The molecule has 4 nitrogen and oxygen atoms in total. The van der Waals surface area contributed by atoms with Crippen molar-refractivity contribution in [1.82, 2.24) is 10.2 Å². The van der Waals surface area contributed by atoms with Gasteiger partial charge < -0.3 is 10.2 Å². The third-order valence-corrected chi connectivity index (χ3v) is 4.90. The second kappa shape index (κ2) is 5.51. The quantitative estimate of drug-likeness (QED) is 0.916. The molecular weight excluding hydrogens is 264 g/mol. The van der Waals surface area contributed by atoms with E-state index in [1.54, 1.807) is 0 Å². The van der Waals surface area contributed by atoms with E-state index in [1.807, 2.05) is 17.9 Å². The Bertz CT molecular complexity index is 570. The molecule has 1 heterocycles. The van der Waals surface area contributed by atoms with E-state index in [9.17, 15) is 9.59 Å². The highest BCUT2D eigenvalue weighted by Crippen LogP contribution is 2.36. The minimum atomic E-state index is -0.316. The number of amides is 2. The number of piperazine rings is 1. The van der Waals surface area contributed by atoms with Crippen LogP contribution in [0.5, 0.6) is 0 Å². The van der Waals surface area contributed by atoms with Gasteiger partial charge in [0.25, 0.3) is 0 Å². The smallest absolute Gasteiger partial charge is 0.243 e. The lowest BCUT2D eigenvalue weighted by Gasteiger charge is -2.42. The molecular formula is C17H22N2O2. The van der Waals surface area contributed by atoms with Crippen LogP contribution in [0.1, 0.15) is 37.3 Å². The summed E-state index contributed by atoms with van der Waals surface area (Å²) >= 11 is 0. The van der Waals surface area contributed by atoms with Crippen LogP contribution in [0.2, 0.25) is 0 Å². The fourth-order valence-electron chi connectivity index (χ4n) is 3.43. The first kappa shape index (κ1) is 14.1. The molecule has 2 aliphatic rings. The summed E-state index contributed by atoms with van der Waals surface area (Å²) in [5.74, 6) is 0.605. The van der Waals surface area contributed by atoms with Gasteiger partial charge in [-0.15, -0.1) is 0 Å². The van der Waals surface area contributed by atoms with Crippen molar-refractivity contribution in [2.45, 2.75) is 38.6 Å². The number of rotatable bonds is 4. The molecule has 3 atom stereocenters. The number of hydrogen-bond acceptors (Lipinski definition) is 2. The first-order chi connectivity index (χ1) is 10.1. The maximum atomic E-state index is 12.3. The van der Waals surface area contributed by atoms with Gasteiger partial charge in [0.1, 0.15) is 6.04 Å². The zero-order valence-electron chi connectivity index (χ0n) is 12.6. The van der Waals surface area contributed by atoms with Gasteiger partial charge in [0, 0.05) is 12.5 Å². The number of hydrogen-bond donors (Lipinski definition) is 1. The minimum absolute atomic E-state index is 0.00319. The average Bonchev–Trinajstić information content (AvgIpc) is 2.47. The number of carbonyl (C=O) groups is 2. The summed E-state index contributed by atoms with van der Waals surface area (Å²) in [5.41, 5.74) is 2.70. The van der Waals surface area contributed by atoms with Crippen LogP contribution in [0.4, 0.5) is 0 Å². The molecule has 1 aliphatic heterocycles. The maximum Gasteiger partial charge on any atom is 0.243 e. The predicted octanol–water partition coefficient (Wildman–Crippen LogP) is 1.70. The van der Waals surface area contributed by atoms with E-state index in [0.717, 1.165) is 12.8 Å². The van der Waals surface area contributed by atoms with Gasteiger partial charge in [-0.1, -0.05) is 44.5 Å². The highest BCUT2D eigenvalue weighted by atomic mass is 16.2. The van der Waals surface area contributed by atoms with Crippen LogP contribution in [-0.2, 0) is 16.0 Å². The number of benzene rings is 1. The normalized spacial score (nSPS) is 25.9. The Balaban J connectivity index is 1.78. The average molecular weight is 286 g/mol. The molecule has 0 radical (unpaired) electrons. The van der Waals surface area contributed by atoms with Crippen LogP contribution in [-0.4, -0.2) is 35.8 Å². The Morgan fingerprint density at radius 2 is 2.10 bits per heavy atom. The largest absolute Gasteiger partial charge is 0.345 e. The van der Waals surface area contributed by atoms with Gasteiger partial charge in [-0.2, -0.15) is 0 Å². The molecule has 4 heteroatoms. The van der Waals surface area contributed by atoms with E-state index in [4.69, 9.17) is 0 Å². The summed E-state index contributed by atoms with van der Waals surface area (Å²) in [6.07, 6.45) is 1.90. The van der Waals surface area contributed by atoms with Gasteiger partial charge in [0.15, 0.2) is 0 Å². The molecule has 1 aliphatic carbocycles. The van der Waals surface area contributed by atoms with Crippen molar-refractivity contribution >= 4 is 11.8 Å². The molecule has 21 heavy (non-hydrogen) atoms. The Labute approximate surface area is 125 Å². The summed E-state index contributed by atoms with van der Waals surface area (Å²) in [6, 6.07) is 8.06. The Hall–Kier alpha value is -1.84. The van der Waals surface area contributed by atoms with Crippen LogP contribution < -0.4 is 5.32 Å². The molecule has 1 saturated heterocycles. The number of nitrogens with one attached hydrogen (secondary N) is 1. The summed E-state index contributed by atoms with van der Waals surface area (Å²) in [4.78, 5) is 26.3. The molecule has 1 aromatic carbocycles. The molecule has 1 aromatic rings. The third kappa shape index (κ3) is 2.43. The molecule has 1 N–H and O–H groups in total. The molecule has 0 bridgehead atoms. The maximum absolute atomic E-state index is 12.3. The minimum Gasteiger partial charge on any atom is -0.345 e. The van der Waals surface area contributed by atoms with Gasteiger partial charge in [0.2, 0.25) is 11.8 Å². The van der Waals surface area contributed by atoms with E-state index < -0.39 is 0 Å². The molecule has 0 spiro atoms. The van der Waals surface area contributed by atoms with Crippen LogP contribution in [0.25, 0.3) is 0 Å². The summed E-state index contributed by atoms with van der Waals surface area (Å²) in [6.45, 7) is 4.91. The van der Waals surface area contributed by atoms with E-state index in [0.29, 0.717) is 12.5 Å². The third-order valence-electron chi connectivity index (χ3n) is 4.90. The van der Waals surface area contributed by atoms with Crippen molar-refractivity contribution in [3.05, 3.63) is 35.4 Å². The highest BCUT2D eigenvalue weighted by molar-refractivity contribution is 5.95. The molecule has 112 valence electrons. The Kier molecular flexibility index (Phi) is 3.70. The lowest BCUT2D eigenvalue weighted by Crippen LogP contribution is -2.61. The standard InChI is InChI=1S/C17H22N2O2/c1-3-11(2)16-17(21)18-9-15(20)19(16)10-13-8-12-6-4-5-7-14(12)13/h4-7,11,13,16H,3,8-10H2,1-2H3,(H,18,21). The fraction of sp³-hybridized carbons (Fsp3) is 0.529. The Morgan fingerprint density at radius 1 is 1.33 bits per heavy atom. The van der Waals surface area contributed by atoms with Gasteiger partial charge in [-0.25, -0.2) is 0 Å². The lowest BCUT2D eigenvalue weighted by atomic mass is 9.77. The van der Waals surface area contributed by atoms with Crippen LogP contribution >= 0.6 is 0 Å². The zero-order chi connectivity index (χ0) is 15.0. The summed E-state index contributed by atoms with van der Waals surface area (Å²) in [7, 11) is 0. The van der Waals surface area contributed by atoms with Gasteiger partial charge in [-0.05, 0) is 23.5 Å². The first-order valence-corrected chi connectivity index (χ1v) is 7.76. The van der Waals surface area contributed by atoms with E-state index in [1.165, 1.54) is 11.1 Å². The molecule has 3 rings (SSSR count). The zero-order valence-corrected chi connectivity index (χ0v) is 12.6. The van der Waals surface area contributed by atoms with Crippen LogP contribution in [0.15, 0.2) is 24.3 Å². The second-order valence-corrected chi connectivity index (χ2v) is 6.19. The second-order valence-electron chi connectivity index (χ2n) is 6.19. The summed E-state index contributed by atoms with van der Waals surface area (Å²) in [5, 5.41) is 2.73. The molecule has 0 aromatic heterocycles. The predicted molar refractivity (Wildman–Crippen MR) is 80.9 cm³/mol. The monoisotopic (exact) mass is 286 g/mol. The van der Waals surface area contributed by atoms with Crippen molar-refractivity contribution < 1.29 is 9.59 Å². The summed E-state index contributed by atoms with van der Waals surface area (Å²) < 4.78 is 0. The first-order valence-electron chi connectivity index (χ1n) is 7.76. The van der Waals surface area contributed by atoms with E-state index >= 15 is 0 Å². The topological polar surface area (TPSA) is 49.4 Å². The van der Waals surface area contributed by atoms with E-state index in [2.05, 4.69) is 30.4 Å². The molecule has 1 fully saturated rings. The van der Waals surface area contributed by atoms with Gasteiger partial charge >= 0.3 is 0 Å². The van der Waals surface area contributed by atoms with Crippen molar-refractivity contribution in [3.8, 4) is 0 Å². The van der Waals surface area contributed by atoms with Crippen LogP contribution in [0, 0.1) is 5.92 Å². The van der Waals surface area contributed by atoms with Gasteiger partial charge in [0.05, 0.1) is 6.54 Å². The Morgan fingerprint density at radius 3 is 2.81 bits per heavy atom. The molecule has 2 amide bonds. The fourth-order valence-corrected chi connectivity index (χ4v) is 3.43. The number of fused-ring (bicyclic) bond motifs is 1. The highest BCUT2D eigenvalue weighted by Gasteiger charge is 2.40. The van der Waals surface area contributed by atoms with Crippen molar-refractivity contribution in [2.75, 3.05) is 13.1 Å². The molecule has 3 unspecified atom stereocenters. The SMILES string of the molecule is CCC(C)C1C(=O)NCC(=O)N1CC1Cc2ccccc21. The van der Waals surface area contributed by atoms with Crippen LogP contribution in [0.3, 0.4) is 0 Å². The lowest BCUT2D eigenvalue weighted by molar-refractivity contribution is -0.148. The van der Waals surface area contributed by atoms with Crippen molar-refractivity contribution in [3.63, 3.8) is 0 Å². The number of nitrogens with zero attached hydrogens (tertiary/aromatic N) is 1. The van der Waals surface area contributed by atoms with Crippen molar-refractivity contribution in [1.29, 1.82) is 0 Å².